The van der Waals surface area contributed by atoms with Crippen LogP contribution in [0.3, 0.4) is 0 Å². The van der Waals surface area contributed by atoms with Gasteiger partial charge < -0.3 is 10.6 Å². The molecule has 0 spiro atoms. The summed E-state index contributed by atoms with van der Waals surface area (Å²) in [4.78, 5) is 11.5. The number of halogens is 4. The van der Waals surface area contributed by atoms with Gasteiger partial charge in [-0.2, -0.15) is 13.2 Å². The topological polar surface area (TPSA) is 41.1 Å². The van der Waals surface area contributed by atoms with Gasteiger partial charge >= 0.3 is 6.18 Å². The number of amides is 1. The van der Waals surface area contributed by atoms with Gasteiger partial charge in [0.1, 0.15) is 11.9 Å². The molecule has 1 atom stereocenters. The van der Waals surface area contributed by atoms with E-state index in [1.54, 1.807) is 0 Å². The molecule has 1 amide bonds. The molecule has 0 saturated carbocycles. The molecule has 1 unspecified atom stereocenters. The zero-order chi connectivity index (χ0) is 15.3. The molecule has 2 N–H and O–H groups in total. The molecule has 20 heavy (non-hydrogen) atoms. The Morgan fingerprint density at radius 1 is 1.45 bits per heavy atom. The van der Waals surface area contributed by atoms with Crippen molar-refractivity contribution >= 4 is 11.6 Å². The summed E-state index contributed by atoms with van der Waals surface area (Å²) < 4.78 is 51.0. The van der Waals surface area contributed by atoms with Crippen molar-refractivity contribution in [2.24, 2.45) is 0 Å². The first kappa shape index (κ1) is 16.0. The van der Waals surface area contributed by atoms with Crippen LogP contribution in [0.4, 0.5) is 23.2 Å². The van der Waals surface area contributed by atoms with E-state index in [9.17, 15) is 22.4 Å². The number of hydrogen-bond acceptors (Lipinski definition) is 2. The van der Waals surface area contributed by atoms with E-state index in [1.807, 2.05) is 0 Å². The largest absolute Gasteiger partial charge is 0.416 e. The highest BCUT2D eigenvalue weighted by Crippen LogP contribution is 2.31. The quantitative estimate of drug-likeness (QED) is 0.646. The van der Waals surface area contributed by atoms with Crippen molar-refractivity contribution in [1.29, 1.82) is 0 Å². The highest BCUT2D eigenvalue weighted by molar-refractivity contribution is 5.84. The van der Waals surface area contributed by atoms with E-state index in [0.717, 1.165) is 0 Å². The summed E-state index contributed by atoms with van der Waals surface area (Å²) in [5, 5.41) is 4.86. The molecule has 0 aliphatic carbocycles. The molecule has 0 aromatic heterocycles. The lowest BCUT2D eigenvalue weighted by atomic mass is 10.1. The maximum Gasteiger partial charge on any atom is 0.416 e. The first-order valence-electron chi connectivity index (χ1n) is 5.77. The van der Waals surface area contributed by atoms with Crippen LogP contribution in [-0.4, -0.2) is 18.5 Å². The van der Waals surface area contributed by atoms with Crippen LogP contribution in [0.25, 0.3) is 0 Å². The minimum Gasteiger partial charge on any atom is -0.372 e. The van der Waals surface area contributed by atoms with Gasteiger partial charge in [0.25, 0.3) is 0 Å². The molecule has 0 fully saturated rings. The molecule has 1 rings (SSSR count). The smallest absolute Gasteiger partial charge is 0.372 e. The van der Waals surface area contributed by atoms with E-state index >= 15 is 0 Å². The lowest BCUT2D eigenvalue weighted by Gasteiger charge is -2.16. The fourth-order valence-electron chi connectivity index (χ4n) is 1.44. The Labute approximate surface area is 113 Å². The Morgan fingerprint density at radius 3 is 2.65 bits per heavy atom. The van der Waals surface area contributed by atoms with Gasteiger partial charge in [0, 0.05) is 6.54 Å². The van der Waals surface area contributed by atoms with Crippen LogP contribution in [-0.2, 0) is 11.0 Å². The number of anilines is 1. The Balaban J connectivity index is 2.86. The second-order valence-corrected chi connectivity index (χ2v) is 4.09. The fraction of sp³-hybridized carbons (Fsp3) is 0.308. The third-order valence-electron chi connectivity index (χ3n) is 2.48. The highest BCUT2D eigenvalue weighted by atomic mass is 19.4. The van der Waals surface area contributed by atoms with Crippen molar-refractivity contribution in [2.45, 2.75) is 19.1 Å². The molecule has 0 bridgehead atoms. The molecule has 0 aliphatic rings. The summed E-state index contributed by atoms with van der Waals surface area (Å²) in [6.07, 6.45) is -3.12. The van der Waals surface area contributed by atoms with Crippen LogP contribution in [0.15, 0.2) is 30.9 Å². The Kier molecular flexibility index (Phi) is 5.12. The molecule has 1 aromatic rings. The van der Waals surface area contributed by atoms with Gasteiger partial charge in [-0.3, -0.25) is 4.79 Å². The van der Waals surface area contributed by atoms with Gasteiger partial charge in [-0.25, -0.2) is 4.39 Å². The number of carbonyl (C=O) groups excluding carboxylic acids is 1. The zero-order valence-electron chi connectivity index (χ0n) is 10.7. The molecule has 110 valence electrons. The zero-order valence-corrected chi connectivity index (χ0v) is 10.7. The molecule has 0 heterocycles. The number of hydrogen-bond donors (Lipinski definition) is 2. The fourth-order valence-corrected chi connectivity index (χ4v) is 1.44. The van der Waals surface area contributed by atoms with Crippen molar-refractivity contribution in [3.8, 4) is 0 Å². The van der Waals surface area contributed by atoms with Gasteiger partial charge in [0.2, 0.25) is 5.91 Å². The highest BCUT2D eigenvalue weighted by Gasteiger charge is 2.31. The summed E-state index contributed by atoms with van der Waals surface area (Å²) in [5.41, 5.74) is -1.36. The van der Waals surface area contributed by atoms with Crippen LogP contribution < -0.4 is 10.6 Å². The molecule has 7 heteroatoms. The summed E-state index contributed by atoms with van der Waals surface area (Å²) in [5.74, 6) is -1.33. The monoisotopic (exact) mass is 290 g/mol. The minimum atomic E-state index is -4.57. The van der Waals surface area contributed by atoms with Crippen molar-refractivity contribution in [3.63, 3.8) is 0 Å². The minimum absolute atomic E-state index is 0.218. The number of nitrogens with one attached hydrogen (secondary N) is 2. The Bertz CT molecular complexity index is 500. The number of alkyl halides is 3. The van der Waals surface area contributed by atoms with Gasteiger partial charge in [-0.15, -0.1) is 6.58 Å². The lowest BCUT2D eigenvalue weighted by Crippen LogP contribution is -2.37. The molecular weight excluding hydrogens is 276 g/mol. The van der Waals surface area contributed by atoms with Crippen molar-refractivity contribution in [2.75, 3.05) is 11.9 Å². The van der Waals surface area contributed by atoms with Crippen molar-refractivity contribution < 1.29 is 22.4 Å². The molecule has 1 aromatic carbocycles. The van der Waals surface area contributed by atoms with Crippen LogP contribution in [0.1, 0.15) is 12.5 Å². The maximum absolute atomic E-state index is 13.5. The standard InChI is InChI=1S/C13H14F4N2O/c1-3-6-18-12(20)8(2)19-11-7-9(13(15,16)17)4-5-10(11)14/h3-5,7-8,19H,1,6H2,2H3,(H,18,20). The van der Waals surface area contributed by atoms with Gasteiger partial charge in [0.05, 0.1) is 11.3 Å². The lowest BCUT2D eigenvalue weighted by molar-refractivity contribution is -0.137. The summed E-state index contributed by atoms with van der Waals surface area (Å²) in [6, 6.07) is 1.10. The average molecular weight is 290 g/mol. The molecule has 0 saturated heterocycles. The van der Waals surface area contributed by atoms with E-state index in [-0.39, 0.29) is 12.2 Å². The third kappa shape index (κ3) is 4.25. The molecule has 0 aliphatic heterocycles. The molecular formula is C13H14F4N2O. The van der Waals surface area contributed by atoms with Gasteiger partial charge in [-0.05, 0) is 25.1 Å². The van der Waals surface area contributed by atoms with Crippen LogP contribution in [0, 0.1) is 5.82 Å². The van der Waals surface area contributed by atoms with Crippen molar-refractivity contribution in [3.05, 3.63) is 42.2 Å². The van der Waals surface area contributed by atoms with Gasteiger partial charge in [0.15, 0.2) is 0 Å². The normalized spacial score (nSPS) is 12.7. The molecule has 3 nitrogen and oxygen atoms in total. The first-order valence-corrected chi connectivity index (χ1v) is 5.77. The number of carbonyl (C=O) groups is 1. The van der Waals surface area contributed by atoms with E-state index in [4.69, 9.17) is 0 Å². The average Bonchev–Trinajstić information content (AvgIpc) is 2.37. The van der Waals surface area contributed by atoms with Gasteiger partial charge in [-0.1, -0.05) is 6.08 Å². The predicted molar refractivity (Wildman–Crippen MR) is 67.7 cm³/mol. The van der Waals surface area contributed by atoms with E-state index in [2.05, 4.69) is 17.2 Å². The Morgan fingerprint density at radius 2 is 2.10 bits per heavy atom. The second kappa shape index (κ2) is 6.40. The number of rotatable bonds is 5. The molecule has 0 radical (unpaired) electrons. The maximum atomic E-state index is 13.5. The summed E-state index contributed by atoms with van der Waals surface area (Å²) >= 11 is 0. The predicted octanol–water partition coefficient (Wildman–Crippen LogP) is 2.95. The summed E-state index contributed by atoms with van der Waals surface area (Å²) in [6.45, 7) is 5.04. The number of benzene rings is 1. The van der Waals surface area contributed by atoms with Crippen LogP contribution >= 0.6 is 0 Å². The van der Waals surface area contributed by atoms with Crippen LogP contribution in [0.5, 0.6) is 0 Å². The third-order valence-corrected chi connectivity index (χ3v) is 2.48. The van der Waals surface area contributed by atoms with E-state index in [1.165, 1.54) is 13.0 Å². The Hall–Kier alpha value is -2.05. The van der Waals surface area contributed by atoms with Crippen molar-refractivity contribution in [1.82, 2.24) is 5.32 Å². The summed E-state index contributed by atoms with van der Waals surface area (Å²) in [7, 11) is 0. The SMILES string of the molecule is C=CCNC(=O)C(C)Nc1cc(C(F)(F)F)ccc1F. The van der Waals surface area contributed by atoms with E-state index in [0.29, 0.717) is 18.2 Å². The first-order chi connectivity index (χ1) is 9.25. The second-order valence-electron chi connectivity index (χ2n) is 4.09. The van der Waals surface area contributed by atoms with E-state index < -0.39 is 29.5 Å². The van der Waals surface area contributed by atoms with Crippen LogP contribution in [0.2, 0.25) is 0 Å².